The average Bonchev–Trinajstić information content (AvgIpc) is 2.87. The minimum absolute atomic E-state index is 0.0359. The molecule has 1 amide bonds. The third-order valence-electron chi connectivity index (χ3n) is 2.72. The van der Waals surface area contributed by atoms with E-state index in [1.54, 1.807) is 17.1 Å². The highest BCUT2D eigenvalue weighted by atomic mass is 16.4. The van der Waals surface area contributed by atoms with E-state index in [1.165, 1.54) is 0 Å². The molecule has 0 spiro atoms. The zero-order valence-electron chi connectivity index (χ0n) is 11.2. The molecule has 1 unspecified atom stereocenters. The van der Waals surface area contributed by atoms with E-state index in [-0.39, 0.29) is 17.7 Å². The van der Waals surface area contributed by atoms with Crippen molar-refractivity contribution in [3.05, 3.63) is 12.4 Å². The van der Waals surface area contributed by atoms with Gasteiger partial charge in [0.05, 0.1) is 6.20 Å². The van der Waals surface area contributed by atoms with Crippen LogP contribution in [0.2, 0.25) is 0 Å². The van der Waals surface area contributed by atoms with E-state index in [4.69, 9.17) is 10.9 Å². The molecule has 0 bridgehead atoms. The lowest BCUT2D eigenvalue weighted by Gasteiger charge is -2.18. The number of aryl methyl sites for hydroxylation is 1. The van der Waals surface area contributed by atoms with Crippen molar-refractivity contribution in [1.29, 1.82) is 0 Å². The Labute approximate surface area is 111 Å². The Kier molecular flexibility index (Phi) is 5.77. The second kappa shape index (κ2) is 7.34. The molecule has 0 aromatic carbocycles. The minimum Gasteiger partial charge on any atom is -0.409 e. The van der Waals surface area contributed by atoms with Gasteiger partial charge in [0, 0.05) is 19.3 Å². The molecule has 8 nitrogen and oxygen atoms in total. The van der Waals surface area contributed by atoms with Gasteiger partial charge in [-0.25, -0.2) is 0 Å². The number of carbonyl (C=O) groups is 1. The molecular weight excluding hydrogens is 248 g/mol. The molecule has 1 atom stereocenters. The highest BCUT2D eigenvalue weighted by Gasteiger charge is 2.26. The fraction of sp³-hybridized carbons (Fsp3) is 0.636. The second-order valence-corrected chi connectivity index (χ2v) is 4.56. The van der Waals surface area contributed by atoms with Crippen molar-refractivity contribution in [2.45, 2.75) is 26.8 Å². The molecule has 1 aromatic heterocycles. The average molecular weight is 268 g/mol. The maximum Gasteiger partial charge on any atom is 0.231 e. The number of nitrogens with zero attached hydrogens (tertiary/aromatic N) is 4. The van der Waals surface area contributed by atoms with Gasteiger partial charge in [-0.05, 0) is 12.3 Å². The number of carbonyl (C=O) groups excluding carboxylic acids is 1. The summed E-state index contributed by atoms with van der Waals surface area (Å²) >= 11 is 0. The summed E-state index contributed by atoms with van der Waals surface area (Å²) in [6.45, 7) is 4.87. The minimum atomic E-state index is -0.614. The van der Waals surface area contributed by atoms with Crippen LogP contribution in [-0.4, -0.2) is 38.5 Å². The summed E-state index contributed by atoms with van der Waals surface area (Å²) in [7, 11) is 0. The van der Waals surface area contributed by atoms with Crippen molar-refractivity contribution in [1.82, 2.24) is 20.3 Å². The van der Waals surface area contributed by atoms with Gasteiger partial charge in [-0.2, -0.15) is 0 Å². The summed E-state index contributed by atoms with van der Waals surface area (Å²) in [4.78, 5) is 11.9. The molecule has 1 rings (SSSR count). The van der Waals surface area contributed by atoms with Crippen LogP contribution >= 0.6 is 0 Å². The Balaban J connectivity index is 2.36. The molecule has 0 fully saturated rings. The quantitative estimate of drug-likeness (QED) is 0.208. The van der Waals surface area contributed by atoms with E-state index in [9.17, 15) is 4.79 Å². The SMILES string of the molecule is CC(C)C(C(=O)NCCCn1ccnn1)/C(N)=N/O. The van der Waals surface area contributed by atoms with Gasteiger partial charge in [0.2, 0.25) is 5.91 Å². The summed E-state index contributed by atoms with van der Waals surface area (Å²) in [6, 6.07) is 0. The lowest BCUT2D eigenvalue weighted by Crippen LogP contribution is -2.42. The van der Waals surface area contributed by atoms with Crippen molar-refractivity contribution < 1.29 is 10.0 Å². The molecule has 19 heavy (non-hydrogen) atoms. The summed E-state index contributed by atoms with van der Waals surface area (Å²) in [6.07, 6.45) is 4.09. The van der Waals surface area contributed by atoms with E-state index < -0.39 is 5.92 Å². The number of amidine groups is 1. The van der Waals surface area contributed by atoms with Gasteiger partial charge < -0.3 is 16.3 Å². The van der Waals surface area contributed by atoms with Crippen molar-refractivity contribution in [3.63, 3.8) is 0 Å². The van der Waals surface area contributed by atoms with Crippen LogP contribution in [0.25, 0.3) is 0 Å². The number of hydrogen-bond acceptors (Lipinski definition) is 5. The molecule has 1 aromatic rings. The van der Waals surface area contributed by atoms with Crippen LogP contribution < -0.4 is 11.1 Å². The fourth-order valence-electron chi connectivity index (χ4n) is 1.76. The van der Waals surface area contributed by atoms with Crippen LogP contribution in [0, 0.1) is 11.8 Å². The number of nitrogens with two attached hydrogens (primary N) is 1. The number of aromatic nitrogens is 3. The first kappa shape index (κ1) is 14.9. The number of amides is 1. The van der Waals surface area contributed by atoms with E-state index in [0.29, 0.717) is 13.1 Å². The lowest BCUT2D eigenvalue weighted by molar-refractivity contribution is -0.124. The first-order chi connectivity index (χ1) is 9.06. The Morgan fingerprint density at radius 2 is 2.32 bits per heavy atom. The topological polar surface area (TPSA) is 118 Å². The zero-order valence-corrected chi connectivity index (χ0v) is 11.2. The van der Waals surface area contributed by atoms with Gasteiger partial charge in [0.1, 0.15) is 5.92 Å². The molecule has 0 aliphatic heterocycles. The van der Waals surface area contributed by atoms with E-state index in [1.807, 2.05) is 13.8 Å². The molecule has 1 heterocycles. The first-order valence-corrected chi connectivity index (χ1v) is 6.15. The van der Waals surface area contributed by atoms with Crippen molar-refractivity contribution in [2.24, 2.45) is 22.7 Å². The summed E-state index contributed by atoms with van der Waals surface area (Å²) < 4.78 is 1.69. The second-order valence-electron chi connectivity index (χ2n) is 4.56. The summed E-state index contributed by atoms with van der Waals surface area (Å²) in [5.41, 5.74) is 5.52. The predicted octanol–water partition coefficient (Wildman–Crippen LogP) is -0.197. The molecule has 0 aliphatic rings. The normalized spacial score (nSPS) is 13.5. The number of oxime groups is 1. The van der Waals surface area contributed by atoms with Crippen molar-refractivity contribution >= 4 is 11.7 Å². The van der Waals surface area contributed by atoms with Crippen LogP contribution in [0.1, 0.15) is 20.3 Å². The highest BCUT2D eigenvalue weighted by molar-refractivity contribution is 6.02. The predicted molar refractivity (Wildman–Crippen MR) is 69.4 cm³/mol. The maximum atomic E-state index is 11.9. The number of rotatable bonds is 7. The van der Waals surface area contributed by atoms with Crippen LogP contribution in [0.3, 0.4) is 0 Å². The van der Waals surface area contributed by atoms with Gasteiger partial charge in [0.25, 0.3) is 0 Å². The van der Waals surface area contributed by atoms with E-state index in [2.05, 4.69) is 20.8 Å². The Hall–Kier alpha value is -2.12. The zero-order chi connectivity index (χ0) is 14.3. The van der Waals surface area contributed by atoms with Crippen LogP contribution in [0.15, 0.2) is 17.5 Å². The maximum absolute atomic E-state index is 11.9. The highest BCUT2D eigenvalue weighted by Crippen LogP contribution is 2.11. The van der Waals surface area contributed by atoms with Gasteiger partial charge in [0.15, 0.2) is 5.84 Å². The third kappa shape index (κ3) is 4.57. The fourth-order valence-corrected chi connectivity index (χ4v) is 1.76. The van der Waals surface area contributed by atoms with Crippen molar-refractivity contribution in [2.75, 3.05) is 6.54 Å². The molecule has 106 valence electrons. The van der Waals surface area contributed by atoms with Gasteiger partial charge >= 0.3 is 0 Å². The van der Waals surface area contributed by atoms with Crippen molar-refractivity contribution in [3.8, 4) is 0 Å². The monoisotopic (exact) mass is 268 g/mol. The number of nitrogens with one attached hydrogen (secondary N) is 1. The van der Waals surface area contributed by atoms with Gasteiger partial charge in [-0.3, -0.25) is 9.48 Å². The first-order valence-electron chi connectivity index (χ1n) is 6.15. The van der Waals surface area contributed by atoms with Gasteiger partial charge in [-0.1, -0.05) is 24.2 Å². The Bertz CT molecular complexity index is 415. The van der Waals surface area contributed by atoms with E-state index in [0.717, 1.165) is 6.42 Å². The Morgan fingerprint density at radius 1 is 1.58 bits per heavy atom. The molecule has 0 aliphatic carbocycles. The van der Waals surface area contributed by atoms with Crippen LogP contribution in [-0.2, 0) is 11.3 Å². The Morgan fingerprint density at radius 3 is 2.84 bits per heavy atom. The molecular formula is C11H20N6O2. The molecule has 0 saturated heterocycles. The third-order valence-corrected chi connectivity index (χ3v) is 2.72. The summed E-state index contributed by atoms with van der Waals surface area (Å²) in [5.74, 6) is -0.949. The van der Waals surface area contributed by atoms with Gasteiger partial charge in [-0.15, -0.1) is 5.10 Å². The smallest absolute Gasteiger partial charge is 0.231 e. The summed E-state index contributed by atoms with van der Waals surface area (Å²) in [5, 5.41) is 21.9. The lowest BCUT2D eigenvalue weighted by atomic mass is 9.94. The number of hydrogen-bond donors (Lipinski definition) is 3. The molecule has 0 saturated carbocycles. The molecule has 4 N–H and O–H groups in total. The largest absolute Gasteiger partial charge is 0.409 e. The van der Waals surface area contributed by atoms with Crippen LogP contribution in [0.5, 0.6) is 0 Å². The molecule has 8 heteroatoms. The van der Waals surface area contributed by atoms with Crippen LogP contribution in [0.4, 0.5) is 0 Å². The van der Waals surface area contributed by atoms with E-state index >= 15 is 0 Å². The standard InChI is InChI=1S/C11H20N6O2/c1-8(2)9(10(12)15-19)11(18)13-4-3-6-17-7-5-14-16-17/h5,7-9,19H,3-4,6H2,1-2H3,(H2,12,15)(H,13,18). The molecule has 0 radical (unpaired) electrons.